The van der Waals surface area contributed by atoms with E-state index in [9.17, 15) is 0 Å². The van der Waals surface area contributed by atoms with Crippen LogP contribution in [0.4, 0.5) is 5.69 Å². The van der Waals surface area contributed by atoms with E-state index in [1.54, 1.807) is 0 Å². The molecule has 3 aromatic rings. The van der Waals surface area contributed by atoms with Gasteiger partial charge in [0.05, 0.1) is 30.0 Å². The van der Waals surface area contributed by atoms with Gasteiger partial charge in [0.15, 0.2) is 0 Å². The molecule has 1 unspecified atom stereocenters. The highest BCUT2D eigenvalue weighted by Crippen LogP contribution is 2.24. The number of ether oxygens (including phenoxy) is 2. The number of hydrogen-bond acceptors (Lipinski definition) is 4. The maximum absolute atomic E-state index is 5.91. The Hall–Kier alpha value is -2.59. The molecule has 0 bridgehead atoms. The maximum Gasteiger partial charge on any atom is 0.120 e. The Morgan fingerprint density at radius 1 is 1.12 bits per heavy atom. The van der Waals surface area contributed by atoms with Gasteiger partial charge in [-0.05, 0) is 36.2 Å². The molecule has 1 aromatic heterocycles. The molecule has 1 saturated heterocycles. The molecular formula is C20H20N2O2. The molecule has 122 valence electrons. The van der Waals surface area contributed by atoms with Crippen molar-refractivity contribution in [1.29, 1.82) is 0 Å². The summed E-state index contributed by atoms with van der Waals surface area (Å²) in [4.78, 5) is 4.52. The second-order valence-corrected chi connectivity index (χ2v) is 6.06. The lowest BCUT2D eigenvalue weighted by molar-refractivity contribution is 0.195. The number of fused-ring (bicyclic) bond motifs is 1. The quantitative estimate of drug-likeness (QED) is 0.771. The standard InChI is InChI=1S/C20H20N2O2/c1-2-4-15(5-3-1)13-24-19-6-7-20-16(11-19)10-18(12-21-20)22-17-8-9-23-14-17/h1-7,10-12,17,22H,8-9,13-14H2. The van der Waals surface area contributed by atoms with Crippen molar-refractivity contribution in [3.05, 3.63) is 66.4 Å². The minimum atomic E-state index is 0.377. The summed E-state index contributed by atoms with van der Waals surface area (Å²) in [7, 11) is 0. The van der Waals surface area contributed by atoms with E-state index >= 15 is 0 Å². The summed E-state index contributed by atoms with van der Waals surface area (Å²) < 4.78 is 11.3. The molecule has 2 aromatic carbocycles. The van der Waals surface area contributed by atoms with Gasteiger partial charge in [-0.25, -0.2) is 0 Å². The number of benzene rings is 2. The number of pyridine rings is 1. The van der Waals surface area contributed by atoms with Crippen LogP contribution in [-0.2, 0) is 11.3 Å². The van der Waals surface area contributed by atoms with Gasteiger partial charge in [0.1, 0.15) is 12.4 Å². The van der Waals surface area contributed by atoms with E-state index in [1.165, 1.54) is 0 Å². The number of anilines is 1. The topological polar surface area (TPSA) is 43.4 Å². The molecule has 1 aliphatic heterocycles. The van der Waals surface area contributed by atoms with Crippen LogP contribution in [0.3, 0.4) is 0 Å². The Kier molecular flexibility index (Phi) is 4.30. The van der Waals surface area contributed by atoms with Gasteiger partial charge in [0.2, 0.25) is 0 Å². The Labute approximate surface area is 141 Å². The number of aromatic nitrogens is 1. The molecular weight excluding hydrogens is 300 g/mol. The van der Waals surface area contributed by atoms with Crippen molar-refractivity contribution in [2.24, 2.45) is 0 Å². The zero-order valence-electron chi connectivity index (χ0n) is 13.4. The van der Waals surface area contributed by atoms with Gasteiger partial charge in [0, 0.05) is 12.0 Å². The third-order valence-corrected chi connectivity index (χ3v) is 4.20. The SMILES string of the molecule is c1ccc(COc2ccc3ncc(NC4CCOC4)cc3c2)cc1. The van der Waals surface area contributed by atoms with Crippen LogP contribution in [0.1, 0.15) is 12.0 Å². The maximum atomic E-state index is 5.91. The van der Waals surface area contributed by atoms with Crippen LogP contribution in [-0.4, -0.2) is 24.2 Å². The van der Waals surface area contributed by atoms with Crippen molar-refractivity contribution in [2.75, 3.05) is 18.5 Å². The minimum absolute atomic E-state index is 0.377. The van der Waals surface area contributed by atoms with Crippen molar-refractivity contribution < 1.29 is 9.47 Å². The average molecular weight is 320 g/mol. The summed E-state index contributed by atoms with van der Waals surface area (Å²) in [5.41, 5.74) is 3.15. The van der Waals surface area contributed by atoms with Crippen LogP contribution in [0, 0.1) is 0 Å². The number of nitrogens with zero attached hydrogens (tertiary/aromatic N) is 1. The summed E-state index contributed by atoms with van der Waals surface area (Å²) in [5, 5.41) is 4.56. The predicted octanol–water partition coefficient (Wildman–Crippen LogP) is 4.01. The first-order chi connectivity index (χ1) is 11.9. The zero-order valence-corrected chi connectivity index (χ0v) is 13.4. The Morgan fingerprint density at radius 2 is 2.04 bits per heavy atom. The highest BCUT2D eigenvalue weighted by Gasteiger charge is 2.15. The molecule has 0 spiro atoms. The lowest BCUT2D eigenvalue weighted by atomic mass is 10.2. The molecule has 1 fully saturated rings. The van der Waals surface area contributed by atoms with E-state index in [0.29, 0.717) is 12.6 Å². The molecule has 4 heteroatoms. The third kappa shape index (κ3) is 3.49. The fraction of sp³-hybridized carbons (Fsp3) is 0.250. The first-order valence-corrected chi connectivity index (χ1v) is 8.28. The van der Waals surface area contributed by atoms with Crippen molar-refractivity contribution in [3.8, 4) is 5.75 Å². The fourth-order valence-electron chi connectivity index (χ4n) is 2.90. The number of hydrogen-bond donors (Lipinski definition) is 1. The molecule has 0 radical (unpaired) electrons. The third-order valence-electron chi connectivity index (χ3n) is 4.20. The molecule has 4 rings (SSSR count). The van der Waals surface area contributed by atoms with Gasteiger partial charge in [0.25, 0.3) is 0 Å². The van der Waals surface area contributed by atoms with E-state index in [0.717, 1.165) is 47.5 Å². The first-order valence-electron chi connectivity index (χ1n) is 8.28. The summed E-state index contributed by atoms with van der Waals surface area (Å²) in [6.45, 7) is 2.16. The molecule has 0 aliphatic carbocycles. The second kappa shape index (κ2) is 6.89. The minimum Gasteiger partial charge on any atom is -0.489 e. The summed E-state index contributed by atoms with van der Waals surface area (Å²) in [6.07, 6.45) is 2.92. The van der Waals surface area contributed by atoms with E-state index < -0.39 is 0 Å². The monoisotopic (exact) mass is 320 g/mol. The van der Waals surface area contributed by atoms with Crippen LogP contribution in [0.5, 0.6) is 5.75 Å². The molecule has 0 amide bonds. The normalized spacial score (nSPS) is 17.1. The predicted molar refractivity (Wildman–Crippen MR) is 95.4 cm³/mol. The van der Waals surface area contributed by atoms with Gasteiger partial charge < -0.3 is 14.8 Å². The lowest BCUT2D eigenvalue weighted by Crippen LogP contribution is -2.18. The summed E-state index contributed by atoms with van der Waals surface area (Å²) in [5.74, 6) is 0.856. The molecule has 24 heavy (non-hydrogen) atoms. The van der Waals surface area contributed by atoms with E-state index in [1.807, 2.05) is 42.6 Å². The highest BCUT2D eigenvalue weighted by atomic mass is 16.5. The largest absolute Gasteiger partial charge is 0.489 e. The van der Waals surface area contributed by atoms with E-state index in [4.69, 9.17) is 9.47 Å². The zero-order chi connectivity index (χ0) is 16.2. The summed E-state index contributed by atoms with van der Waals surface area (Å²) in [6, 6.07) is 18.7. The second-order valence-electron chi connectivity index (χ2n) is 6.06. The van der Waals surface area contributed by atoms with E-state index in [2.05, 4.69) is 28.5 Å². The van der Waals surface area contributed by atoms with Crippen LogP contribution in [0.25, 0.3) is 10.9 Å². The van der Waals surface area contributed by atoms with Gasteiger partial charge in [-0.1, -0.05) is 30.3 Å². The van der Waals surface area contributed by atoms with Crippen molar-refractivity contribution >= 4 is 16.6 Å². The lowest BCUT2D eigenvalue weighted by Gasteiger charge is -2.13. The van der Waals surface area contributed by atoms with Crippen molar-refractivity contribution in [3.63, 3.8) is 0 Å². The average Bonchev–Trinajstić information content (AvgIpc) is 3.13. The molecule has 4 nitrogen and oxygen atoms in total. The smallest absolute Gasteiger partial charge is 0.120 e. The van der Waals surface area contributed by atoms with Crippen molar-refractivity contribution in [1.82, 2.24) is 4.98 Å². The Morgan fingerprint density at radius 3 is 2.88 bits per heavy atom. The molecule has 0 saturated carbocycles. The number of nitrogens with one attached hydrogen (secondary N) is 1. The molecule has 1 atom stereocenters. The van der Waals surface area contributed by atoms with Gasteiger partial charge >= 0.3 is 0 Å². The van der Waals surface area contributed by atoms with Gasteiger partial charge in [-0.15, -0.1) is 0 Å². The van der Waals surface area contributed by atoms with Gasteiger partial charge in [-0.3, -0.25) is 4.98 Å². The van der Waals surface area contributed by atoms with Crippen LogP contribution >= 0.6 is 0 Å². The first kappa shape index (κ1) is 15.0. The molecule has 1 aliphatic rings. The Bertz CT molecular complexity index is 814. The van der Waals surface area contributed by atoms with Crippen LogP contribution < -0.4 is 10.1 Å². The molecule has 2 heterocycles. The summed E-state index contributed by atoms with van der Waals surface area (Å²) >= 11 is 0. The molecule has 1 N–H and O–H groups in total. The van der Waals surface area contributed by atoms with Crippen LogP contribution in [0.15, 0.2) is 60.8 Å². The Balaban J connectivity index is 1.50. The highest BCUT2D eigenvalue weighted by molar-refractivity contribution is 5.83. The fourth-order valence-corrected chi connectivity index (χ4v) is 2.90. The van der Waals surface area contributed by atoms with Gasteiger partial charge in [-0.2, -0.15) is 0 Å². The van der Waals surface area contributed by atoms with Crippen LogP contribution in [0.2, 0.25) is 0 Å². The van der Waals surface area contributed by atoms with E-state index in [-0.39, 0.29) is 0 Å². The van der Waals surface area contributed by atoms with Crippen molar-refractivity contribution in [2.45, 2.75) is 19.1 Å². The number of rotatable bonds is 5.